The van der Waals surface area contributed by atoms with Crippen LogP contribution >= 0.6 is 15.9 Å². The molecule has 0 spiro atoms. The summed E-state index contributed by atoms with van der Waals surface area (Å²) in [6, 6.07) is 7.47. The number of hydrogen-bond donors (Lipinski definition) is 1. The topological polar surface area (TPSA) is 46.2 Å². The molecule has 0 aliphatic carbocycles. The average Bonchev–Trinajstić information content (AvgIpc) is 2.42. The van der Waals surface area contributed by atoms with E-state index in [1.165, 1.54) is 0 Å². The van der Waals surface area contributed by atoms with Crippen molar-refractivity contribution in [3.63, 3.8) is 0 Å². The summed E-state index contributed by atoms with van der Waals surface area (Å²) >= 11 is 3.33. The predicted octanol–water partition coefficient (Wildman–Crippen LogP) is 1.75. The lowest BCUT2D eigenvalue weighted by Crippen LogP contribution is -2.32. The second-order valence-electron chi connectivity index (χ2n) is 3.89. The van der Waals surface area contributed by atoms with Gasteiger partial charge in [-0.2, -0.15) is 0 Å². The van der Waals surface area contributed by atoms with Gasteiger partial charge in [0.25, 0.3) is 0 Å². The molecule has 78 valence electrons. The molecule has 0 radical (unpaired) electrons. The van der Waals surface area contributed by atoms with Gasteiger partial charge in [-0.15, -0.1) is 0 Å². The van der Waals surface area contributed by atoms with Gasteiger partial charge in [0.05, 0.1) is 5.41 Å². The van der Waals surface area contributed by atoms with E-state index >= 15 is 0 Å². The van der Waals surface area contributed by atoms with Crippen molar-refractivity contribution in [2.24, 2.45) is 0 Å². The van der Waals surface area contributed by atoms with Crippen molar-refractivity contribution >= 4 is 27.7 Å². The summed E-state index contributed by atoms with van der Waals surface area (Å²) in [7, 11) is 0. The smallest absolute Gasteiger partial charge is 0.237 e. The highest BCUT2D eigenvalue weighted by atomic mass is 79.9. The lowest BCUT2D eigenvalue weighted by molar-refractivity contribution is -0.126. The second kappa shape index (κ2) is 3.45. The molecule has 1 atom stereocenters. The first-order valence-electron chi connectivity index (χ1n) is 4.63. The Balaban J connectivity index is 2.41. The van der Waals surface area contributed by atoms with Gasteiger partial charge in [-0.1, -0.05) is 28.1 Å². The Morgan fingerprint density at radius 1 is 1.27 bits per heavy atom. The SMILES string of the molecule is C[C@@]1(c2ccc(Br)cc2)CC(=O)NC1=O. The largest absolute Gasteiger partial charge is 0.296 e. The summed E-state index contributed by atoms with van der Waals surface area (Å²) in [6.07, 6.45) is 0.230. The Morgan fingerprint density at radius 3 is 2.33 bits per heavy atom. The molecule has 0 unspecified atom stereocenters. The zero-order valence-corrected chi connectivity index (χ0v) is 9.80. The molecular formula is C11H10BrNO2. The van der Waals surface area contributed by atoms with E-state index in [4.69, 9.17) is 0 Å². The number of carbonyl (C=O) groups excluding carboxylic acids is 2. The number of nitrogens with one attached hydrogen (secondary N) is 1. The van der Waals surface area contributed by atoms with Crippen LogP contribution in [-0.2, 0) is 15.0 Å². The molecule has 0 bridgehead atoms. The molecule has 1 aromatic carbocycles. The summed E-state index contributed by atoms with van der Waals surface area (Å²) in [6.45, 7) is 1.79. The molecular weight excluding hydrogens is 258 g/mol. The molecule has 3 nitrogen and oxygen atoms in total. The van der Waals surface area contributed by atoms with Crippen LogP contribution in [0.2, 0.25) is 0 Å². The molecule has 2 amide bonds. The third-order valence-electron chi connectivity index (χ3n) is 2.75. The quantitative estimate of drug-likeness (QED) is 0.789. The van der Waals surface area contributed by atoms with Crippen LogP contribution in [0.3, 0.4) is 0 Å². The molecule has 1 heterocycles. The Kier molecular flexibility index (Phi) is 2.38. The van der Waals surface area contributed by atoms with Crippen LogP contribution in [0.15, 0.2) is 28.7 Å². The van der Waals surface area contributed by atoms with E-state index in [2.05, 4.69) is 21.2 Å². The third kappa shape index (κ3) is 1.69. The maximum absolute atomic E-state index is 11.6. The van der Waals surface area contributed by atoms with Gasteiger partial charge in [0.15, 0.2) is 0 Å². The van der Waals surface area contributed by atoms with Gasteiger partial charge in [-0.05, 0) is 24.6 Å². The van der Waals surface area contributed by atoms with Crippen molar-refractivity contribution in [1.29, 1.82) is 0 Å². The van der Waals surface area contributed by atoms with Crippen LogP contribution in [0, 0.1) is 0 Å². The van der Waals surface area contributed by atoms with E-state index in [0.29, 0.717) is 0 Å². The monoisotopic (exact) mass is 267 g/mol. The first-order valence-corrected chi connectivity index (χ1v) is 5.42. The highest BCUT2D eigenvalue weighted by Gasteiger charge is 2.43. The van der Waals surface area contributed by atoms with Crippen LogP contribution in [0.1, 0.15) is 18.9 Å². The molecule has 1 aliphatic rings. The maximum Gasteiger partial charge on any atom is 0.237 e. The molecule has 1 saturated heterocycles. The van der Waals surface area contributed by atoms with Crippen LogP contribution in [-0.4, -0.2) is 11.8 Å². The minimum atomic E-state index is -0.711. The zero-order chi connectivity index (χ0) is 11.1. The van der Waals surface area contributed by atoms with Crippen molar-refractivity contribution in [2.45, 2.75) is 18.8 Å². The number of imide groups is 1. The van der Waals surface area contributed by atoms with Gasteiger partial charge < -0.3 is 0 Å². The van der Waals surface area contributed by atoms with E-state index in [1.807, 2.05) is 24.3 Å². The van der Waals surface area contributed by atoms with Crippen LogP contribution in [0.5, 0.6) is 0 Å². The second-order valence-corrected chi connectivity index (χ2v) is 4.81. The molecule has 0 aromatic heterocycles. The fraction of sp³-hybridized carbons (Fsp3) is 0.273. The number of benzene rings is 1. The summed E-state index contributed by atoms with van der Waals surface area (Å²) in [5.74, 6) is -0.416. The van der Waals surface area contributed by atoms with E-state index in [9.17, 15) is 9.59 Å². The van der Waals surface area contributed by atoms with Gasteiger partial charge in [0.1, 0.15) is 0 Å². The average molecular weight is 268 g/mol. The summed E-state index contributed by atoms with van der Waals surface area (Å²) < 4.78 is 0.958. The lowest BCUT2D eigenvalue weighted by Gasteiger charge is -2.19. The zero-order valence-electron chi connectivity index (χ0n) is 8.21. The molecule has 15 heavy (non-hydrogen) atoms. The summed E-state index contributed by atoms with van der Waals surface area (Å²) in [4.78, 5) is 22.8. The van der Waals surface area contributed by atoms with Crippen molar-refractivity contribution in [2.75, 3.05) is 0 Å². The number of carbonyl (C=O) groups is 2. The van der Waals surface area contributed by atoms with Crippen molar-refractivity contribution in [3.8, 4) is 0 Å². The van der Waals surface area contributed by atoms with Gasteiger partial charge in [0.2, 0.25) is 11.8 Å². The number of hydrogen-bond acceptors (Lipinski definition) is 2. The van der Waals surface area contributed by atoms with Crippen molar-refractivity contribution < 1.29 is 9.59 Å². The van der Waals surface area contributed by atoms with Gasteiger partial charge in [-0.25, -0.2) is 0 Å². The van der Waals surface area contributed by atoms with E-state index < -0.39 is 5.41 Å². The molecule has 1 aromatic rings. The van der Waals surface area contributed by atoms with Crippen molar-refractivity contribution in [1.82, 2.24) is 5.32 Å². The number of halogens is 1. The normalized spacial score (nSPS) is 25.5. The van der Waals surface area contributed by atoms with E-state index in [0.717, 1.165) is 10.0 Å². The van der Waals surface area contributed by atoms with Crippen LogP contribution in [0.25, 0.3) is 0 Å². The van der Waals surface area contributed by atoms with E-state index in [-0.39, 0.29) is 18.2 Å². The fourth-order valence-corrected chi connectivity index (χ4v) is 2.03. The highest BCUT2D eigenvalue weighted by Crippen LogP contribution is 2.32. The summed E-state index contributed by atoms with van der Waals surface area (Å²) in [5.41, 5.74) is 0.159. The van der Waals surface area contributed by atoms with E-state index in [1.54, 1.807) is 6.92 Å². The minimum Gasteiger partial charge on any atom is -0.296 e. The molecule has 1 aliphatic heterocycles. The third-order valence-corrected chi connectivity index (χ3v) is 3.28. The standard InChI is InChI=1S/C11H10BrNO2/c1-11(6-9(14)13-10(11)15)7-2-4-8(12)5-3-7/h2-5H,6H2,1H3,(H,13,14,15)/t11-/m0/s1. The Hall–Kier alpha value is -1.16. The molecule has 4 heteroatoms. The fourth-order valence-electron chi connectivity index (χ4n) is 1.76. The molecule has 1 N–H and O–H groups in total. The molecule has 1 fully saturated rings. The Labute approximate surface area is 96.0 Å². The first kappa shape index (κ1) is 10.4. The molecule has 2 rings (SSSR count). The Bertz CT molecular complexity index is 427. The first-order chi connectivity index (χ1) is 7.02. The summed E-state index contributed by atoms with van der Waals surface area (Å²) in [5, 5.41) is 2.33. The van der Waals surface area contributed by atoms with Gasteiger partial charge >= 0.3 is 0 Å². The Morgan fingerprint density at radius 2 is 1.87 bits per heavy atom. The maximum atomic E-state index is 11.6. The highest BCUT2D eigenvalue weighted by molar-refractivity contribution is 9.10. The van der Waals surface area contributed by atoms with Gasteiger partial charge in [-0.3, -0.25) is 14.9 Å². The van der Waals surface area contributed by atoms with Crippen LogP contribution < -0.4 is 5.32 Å². The lowest BCUT2D eigenvalue weighted by atomic mass is 9.81. The minimum absolute atomic E-state index is 0.203. The molecule has 0 saturated carbocycles. The van der Waals surface area contributed by atoms with Crippen molar-refractivity contribution in [3.05, 3.63) is 34.3 Å². The predicted molar refractivity (Wildman–Crippen MR) is 59.3 cm³/mol. The number of amides is 2. The van der Waals surface area contributed by atoms with Gasteiger partial charge in [0, 0.05) is 10.9 Å². The van der Waals surface area contributed by atoms with Crippen LogP contribution in [0.4, 0.5) is 0 Å². The number of rotatable bonds is 1.